The molecule has 0 unspecified atom stereocenters. The summed E-state index contributed by atoms with van der Waals surface area (Å²) in [5.41, 5.74) is 7.07. The van der Waals surface area contributed by atoms with Gasteiger partial charge in [0.1, 0.15) is 0 Å². The molecule has 0 spiro atoms. The molecule has 16 heavy (non-hydrogen) atoms. The number of likely N-dealkylation sites (tertiary alicyclic amines) is 1. The van der Waals surface area contributed by atoms with Crippen LogP contribution in [-0.4, -0.2) is 37.2 Å². The third-order valence-electron chi connectivity index (χ3n) is 2.97. The third-order valence-corrected chi connectivity index (χ3v) is 2.97. The van der Waals surface area contributed by atoms with Gasteiger partial charge in [-0.3, -0.25) is 4.90 Å². The van der Waals surface area contributed by atoms with Crippen LogP contribution in [0.3, 0.4) is 0 Å². The Hall–Kier alpha value is -0.900. The molecule has 3 heteroatoms. The maximum atomic E-state index is 5.84. The van der Waals surface area contributed by atoms with Crippen LogP contribution in [0.5, 0.6) is 0 Å². The highest BCUT2D eigenvalue weighted by Crippen LogP contribution is 2.06. The molecule has 0 radical (unpaired) electrons. The van der Waals surface area contributed by atoms with Crippen LogP contribution in [0.15, 0.2) is 30.3 Å². The molecule has 0 amide bonds. The van der Waals surface area contributed by atoms with Crippen molar-refractivity contribution in [2.24, 2.45) is 5.73 Å². The molecule has 88 valence electrons. The van der Waals surface area contributed by atoms with Crippen molar-refractivity contribution < 1.29 is 4.74 Å². The second kappa shape index (κ2) is 5.99. The number of hydrogen-bond acceptors (Lipinski definition) is 3. The van der Waals surface area contributed by atoms with Crippen molar-refractivity contribution in [3.05, 3.63) is 35.9 Å². The van der Waals surface area contributed by atoms with E-state index in [-0.39, 0.29) is 0 Å². The number of nitrogens with zero attached hydrogens (tertiary/aromatic N) is 1. The fourth-order valence-corrected chi connectivity index (χ4v) is 2.02. The summed E-state index contributed by atoms with van der Waals surface area (Å²) in [6, 6.07) is 10.7. The van der Waals surface area contributed by atoms with Crippen LogP contribution < -0.4 is 5.73 Å². The monoisotopic (exact) mass is 220 g/mol. The van der Waals surface area contributed by atoms with E-state index in [0.717, 1.165) is 32.7 Å². The normalized spacial score (nSPS) is 21.4. The van der Waals surface area contributed by atoms with Crippen molar-refractivity contribution in [3.63, 3.8) is 0 Å². The zero-order valence-electron chi connectivity index (χ0n) is 9.64. The second-order valence-electron chi connectivity index (χ2n) is 4.39. The van der Waals surface area contributed by atoms with Gasteiger partial charge >= 0.3 is 0 Å². The molecule has 0 aliphatic carbocycles. The van der Waals surface area contributed by atoms with E-state index in [1.54, 1.807) is 0 Å². The van der Waals surface area contributed by atoms with Crippen LogP contribution in [0, 0.1) is 0 Å². The van der Waals surface area contributed by atoms with Gasteiger partial charge in [0, 0.05) is 19.1 Å². The lowest BCUT2D eigenvalue weighted by Gasteiger charge is -2.14. The summed E-state index contributed by atoms with van der Waals surface area (Å²) in [6.45, 7) is 4.65. The Morgan fingerprint density at radius 3 is 2.81 bits per heavy atom. The zero-order chi connectivity index (χ0) is 11.2. The average molecular weight is 220 g/mol. The topological polar surface area (TPSA) is 38.5 Å². The van der Waals surface area contributed by atoms with Crippen molar-refractivity contribution >= 4 is 0 Å². The van der Waals surface area contributed by atoms with E-state index in [1.807, 2.05) is 18.2 Å². The van der Waals surface area contributed by atoms with Crippen molar-refractivity contribution in [2.75, 3.05) is 26.2 Å². The molecule has 2 N–H and O–H groups in total. The molecule has 0 saturated carbocycles. The lowest BCUT2D eigenvalue weighted by atomic mass is 10.2. The molecule has 3 nitrogen and oxygen atoms in total. The van der Waals surface area contributed by atoms with Crippen LogP contribution in [0.1, 0.15) is 12.0 Å². The Labute approximate surface area is 97.2 Å². The van der Waals surface area contributed by atoms with Gasteiger partial charge in [-0.15, -0.1) is 0 Å². The Morgan fingerprint density at radius 1 is 1.31 bits per heavy atom. The molecule has 1 aromatic rings. The lowest BCUT2D eigenvalue weighted by Crippen LogP contribution is -2.29. The number of hydrogen-bond donors (Lipinski definition) is 1. The summed E-state index contributed by atoms with van der Waals surface area (Å²) in [5.74, 6) is 0. The summed E-state index contributed by atoms with van der Waals surface area (Å²) >= 11 is 0. The molecule has 1 aliphatic heterocycles. The number of nitrogens with two attached hydrogens (primary N) is 1. The molecular formula is C13H20N2O. The molecule has 1 aromatic carbocycles. The fourth-order valence-electron chi connectivity index (χ4n) is 2.02. The van der Waals surface area contributed by atoms with Gasteiger partial charge in [-0.25, -0.2) is 0 Å². The Morgan fingerprint density at radius 2 is 2.12 bits per heavy atom. The highest BCUT2D eigenvalue weighted by atomic mass is 16.5. The molecule has 1 heterocycles. The van der Waals surface area contributed by atoms with E-state index in [2.05, 4.69) is 17.0 Å². The fraction of sp³-hybridized carbons (Fsp3) is 0.538. The largest absolute Gasteiger partial charge is 0.375 e. The first-order valence-electron chi connectivity index (χ1n) is 5.94. The summed E-state index contributed by atoms with van der Waals surface area (Å²) in [4.78, 5) is 2.37. The first-order chi connectivity index (χ1) is 7.84. The lowest BCUT2D eigenvalue weighted by molar-refractivity contribution is 0.0989. The molecule has 2 rings (SSSR count). The third kappa shape index (κ3) is 3.59. The molecule has 1 aliphatic rings. The summed E-state index contributed by atoms with van der Waals surface area (Å²) in [5, 5.41) is 0. The summed E-state index contributed by atoms with van der Waals surface area (Å²) < 4.78 is 5.63. The van der Waals surface area contributed by atoms with Crippen LogP contribution in [0.2, 0.25) is 0 Å². The standard InChI is InChI=1S/C13H20N2O/c14-13-6-7-15(10-13)8-9-16-11-12-4-2-1-3-5-12/h1-5,13H,6-11,14H2/t13-/m1/s1. The zero-order valence-corrected chi connectivity index (χ0v) is 9.64. The van der Waals surface area contributed by atoms with Gasteiger partial charge in [-0.2, -0.15) is 0 Å². The highest BCUT2D eigenvalue weighted by Gasteiger charge is 2.17. The molecule has 0 aromatic heterocycles. The Balaban J connectivity index is 1.59. The van der Waals surface area contributed by atoms with Gasteiger partial charge in [0.2, 0.25) is 0 Å². The van der Waals surface area contributed by atoms with Gasteiger partial charge in [0.05, 0.1) is 13.2 Å². The Kier molecular flexibility index (Phi) is 4.34. The molecule has 1 saturated heterocycles. The number of rotatable bonds is 5. The van der Waals surface area contributed by atoms with E-state index in [0.29, 0.717) is 12.6 Å². The number of ether oxygens (including phenoxy) is 1. The van der Waals surface area contributed by atoms with E-state index in [4.69, 9.17) is 10.5 Å². The predicted molar refractivity (Wildman–Crippen MR) is 65.1 cm³/mol. The summed E-state index contributed by atoms with van der Waals surface area (Å²) in [6.07, 6.45) is 1.12. The summed E-state index contributed by atoms with van der Waals surface area (Å²) in [7, 11) is 0. The van der Waals surface area contributed by atoms with E-state index < -0.39 is 0 Å². The van der Waals surface area contributed by atoms with E-state index in [9.17, 15) is 0 Å². The van der Waals surface area contributed by atoms with Gasteiger partial charge < -0.3 is 10.5 Å². The molecular weight excluding hydrogens is 200 g/mol. The van der Waals surface area contributed by atoms with E-state index in [1.165, 1.54) is 5.56 Å². The van der Waals surface area contributed by atoms with Crippen LogP contribution in [-0.2, 0) is 11.3 Å². The smallest absolute Gasteiger partial charge is 0.0717 e. The van der Waals surface area contributed by atoms with Crippen molar-refractivity contribution in [1.29, 1.82) is 0 Å². The number of benzene rings is 1. The first kappa shape index (κ1) is 11.6. The minimum Gasteiger partial charge on any atom is -0.375 e. The van der Waals surface area contributed by atoms with Crippen molar-refractivity contribution in [1.82, 2.24) is 4.90 Å². The molecule has 1 fully saturated rings. The quantitative estimate of drug-likeness (QED) is 0.759. The van der Waals surface area contributed by atoms with Crippen LogP contribution in [0.25, 0.3) is 0 Å². The predicted octanol–water partition coefficient (Wildman–Crippen LogP) is 1.24. The highest BCUT2D eigenvalue weighted by molar-refractivity contribution is 5.13. The maximum absolute atomic E-state index is 5.84. The second-order valence-corrected chi connectivity index (χ2v) is 4.39. The van der Waals surface area contributed by atoms with Gasteiger partial charge in [-0.05, 0) is 18.5 Å². The first-order valence-corrected chi connectivity index (χ1v) is 5.94. The maximum Gasteiger partial charge on any atom is 0.0717 e. The van der Waals surface area contributed by atoms with E-state index >= 15 is 0 Å². The van der Waals surface area contributed by atoms with Crippen LogP contribution >= 0.6 is 0 Å². The van der Waals surface area contributed by atoms with Crippen molar-refractivity contribution in [3.8, 4) is 0 Å². The van der Waals surface area contributed by atoms with Gasteiger partial charge in [0.25, 0.3) is 0 Å². The average Bonchev–Trinajstić information content (AvgIpc) is 2.72. The molecule has 0 bridgehead atoms. The minimum atomic E-state index is 0.370. The van der Waals surface area contributed by atoms with Gasteiger partial charge in [-0.1, -0.05) is 30.3 Å². The van der Waals surface area contributed by atoms with Crippen molar-refractivity contribution in [2.45, 2.75) is 19.1 Å². The molecule has 1 atom stereocenters. The van der Waals surface area contributed by atoms with Gasteiger partial charge in [0.15, 0.2) is 0 Å². The minimum absolute atomic E-state index is 0.370. The van der Waals surface area contributed by atoms with Crippen LogP contribution in [0.4, 0.5) is 0 Å². The SMILES string of the molecule is N[C@@H]1CCN(CCOCc2ccccc2)C1. The Bertz CT molecular complexity index is 302.